The van der Waals surface area contributed by atoms with E-state index in [1.807, 2.05) is 0 Å². The number of carbonyl (C=O) groups is 1. The number of nitrogens with one attached hydrogen (secondary N) is 1. The zero-order valence-corrected chi connectivity index (χ0v) is 14.3. The molecule has 0 aliphatic rings. The zero-order valence-electron chi connectivity index (χ0n) is 12.7. The number of hydrogen-bond donors (Lipinski definition) is 1. The molecule has 0 fully saturated rings. The third kappa shape index (κ3) is 3.50. The molecule has 2 rings (SSSR count). The third-order valence-corrected chi connectivity index (χ3v) is 3.77. The van der Waals surface area contributed by atoms with Crippen LogP contribution < -0.4 is 5.32 Å². The van der Waals surface area contributed by atoms with Gasteiger partial charge >= 0.3 is 5.97 Å². The highest BCUT2D eigenvalue weighted by Crippen LogP contribution is 2.39. The Morgan fingerprint density at radius 2 is 2.22 bits per heavy atom. The van der Waals surface area contributed by atoms with Gasteiger partial charge in [0.25, 0.3) is 5.69 Å². The van der Waals surface area contributed by atoms with Crippen LogP contribution in [0.4, 0.5) is 11.4 Å². The van der Waals surface area contributed by atoms with Crippen LogP contribution in [0.1, 0.15) is 18.4 Å². The van der Waals surface area contributed by atoms with Crippen LogP contribution in [0.2, 0.25) is 0 Å². The number of nitro groups is 1. The van der Waals surface area contributed by atoms with Gasteiger partial charge in [-0.3, -0.25) is 14.9 Å². The van der Waals surface area contributed by atoms with Crippen LogP contribution in [0.15, 0.2) is 21.1 Å². The molecule has 8 nitrogen and oxygen atoms in total. The van der Waals surface area contributed by atoms with E-state index in [-0.39, 0.29) is 12.3 Å². The molecule has 0 saturated carbocycles. The van der Waals surface area contributed by atoms with Crippen molar-refractivity contribution < 1.29 is 19.0 Å². The fraction of sp³-hybridized carbons (Fsp3) is 0.286. The Hall–Kier alpha value is -2.42. The van der Waals surface area contributed by atoms with Gasteiger partial charge in [0.2, 0.25) is 0 Å². The zero-order chi connectivity index (χ0) is 17.1. The molecule has 0 unspecified atom stereocenters. The molecule has 0 saturated heterocycles. The molecule has 122 valence electrons. The lowest BCUT2D eigenvalue weighted by Crippen LogP contribution is -2.01. The predicted molar refractivity (Wildman–Crippen MR) is 86.0 cm³/mol. The molecule has 2 aromatic rings. The van der Waals surface area contributed by atoms with Crippen LogP contribution >= 0.6 is 15.9 Å². The number of nitro benzene ring substituents is 1. The van der Waals surface area contributed by atoms with E-state index in [0.717, 1.165) is 0 Å². The Kier molecular flexibility index (Phi) is 4.99. The fourth-order valence-electron chi connectivity index (χ4n) is 2.18. The second kappa shape index (κ2) is 6.78. The van der Waals surface area contributed by atoms with Crippen molar-refractivity contribution in [3.05, 3.63) is 38.2 Å². The van der Waals surface area contributed by atoms with Crippen molar-refractivity contribution in [1.29, 1.82) is 0 Å². The lowest BCUT2D eigenvalue weighted by atomic mass is 10.0. The quantitative estimate of drug-likeness (QED) is 0.478. The lowest BCUT2D eigenvalue weighted by molar-refractivity contribution is -0.383. The normalized spacial score (nSPS) is 10.4. The van der Waals surface area contributed by atoms with Crippen LogP contribution in [0.3, 0.4) is 0 Å². The monoisotopic (exact) mass is 383 g/mol. The van der Waals surface area contributed by atoms with Crippen molar-refractivity contribution in [1.82, 2.24) is 5.16 Å². The maximum Gasteiger partial charge on any atom is 0.303 e. The summed E-state index contributed by atoms with van der Waals surface area (Å²) in [5.41, 5.74) is 1.94. The summed E-state index contributed by atoms with van der Waals surface area (Å²) in [5.74, 6) is -0.126. The summed E-state index contributed by atoms with van der Waals surface area (Å²) in [6.45, 7) is 2.90. The summed E-state index contributed by atoms with van der Waals surface area (Å²) >= 11 is 3.32. The minimum Gasteiger partial charge on any atom is -0.458 e. The molecular weight excluding hydrogens is 370 g/mol. The van der Waals surface area contributed by atoms with Gasteiger partial charge in [-0.15, -0.1) is 0 Å². The Labute approximate surface area is 140 Å². The molecule has 0 aliphatic heterocycles. The number of ether oxygens (including phenoxy) is 1. The Bertz CT molecular complexity index is 772. The lowest BCUT2D eigenvalue weighted by Gasteiger charge is -2.09. The summed E-state index contributed by atoms with van der Waals surface area (Å²) in [6.07, 6.45) is 0. The van der Waals surface area contributed by atoms with E-state index in [1.54, 1.807) is 20.0 Å². The van der Waals surface area contributed by atoms with Crippen molar-refractivity contribution in [2.24, 2.45) is 0 Å². The largest absolute Gasteiger partial charge is 0.458 e. The molecule has 0 aliphatic carbocycles. The summed E-state index contributed by atoms with van der Waals surface area (Å²) in [5, 5.41) is 17.9. The first kappa shape index (κ1) is 16.9. The molecule has 1 aromatic carbocycles. The number of aromatic nitrogens is 1. The summed E-state index contributed by atoms with van der Waals surface area (Å²) in [6, 6.07) is 3.14. The highest BCUT2D eigenvalue weighted by molar-refractivity contribution is 9.10. The Balaban J connectivity index is 2.56. The van der Waals surface area contributed by atoms with E-state index in [1.165, 1.54) is 13.0 Å². The van der Waals surface area contributed by atoms with Gasteiger partial charge in [0.1, 0.15) is 5.69 Å². The topological polar surface area (TPSA) is 108 Å². The van der Waals surface area contributed by atoms with Gasteiger partial charge in [0, 0.05) is 24.5 Å². The minimum absolute atomic E-state index is 0.0871. The van der Waals surface area contributed by atoms with Crippen molar-refractivity contribution in [2.75, 3.05) is 12.4 Å². The Morgan fingerprint density at radius 1 is 1.52 bits per heavy atom. The van der Waals surface area contributed by atoms with Gasteiger partial charge in [-0.2, -0.15) is 0 Å². The van der Waals surface area contributed by atoms with Crippen molar-refractivity contribution in [2.45, 2.75) is 20.5 Å². The molecule has 0 atom stereocenters. The van der Waals surface area contributed by atoms with Crippen LogP contribution in [-0.2, 0) is 16.1 Å². The van der Waals surface area contributed by atoms with Crippen LogP contribution in [-0.4, -0.2) is 23.1 Å². The number of rotatable bonds is 5. The van der Waals surface area contributed by atoms with Gasteiger partial charge in [-0.1, -0.05) is 5.16 Å². The number of hydrogen-bond acceptors (Lipinski definition) is 7. The van der Waals surface area contributed by atoms with Crippen LogP contribution in [0, 0.1) is 17.0 Å². The maximum atomic E-state index is 11.3. The predicted octanol–water partition coefficient (Wildman–Crippen LogP) is 3.43. The third-order valence-electron chi connectivity index (χ3n) is 3.14. The minimum atomic E-state index is -0.477. The van der Waals surface area contributed by atoms with Crippen molar-refractivity contribution >= 4 is 33.3 Å². The second-order valence-electron chi connectivity index (χ2n) is 4.71. The molecule has 1 heterocycles. The number of benzene rings is 1. The average molecular weight is 384 g/mol. The smallest absolute Gasteiger partial charge is 0.303 e. The van der Waals surface area contributed by atoms with Gasteiger partial charge in [0.15, 0.2) is 12.4 Å². The molecule has 0 bridgehead atoms. The molecular formula is C14H14BrN3O5. The molecule has 0 amide bonds. The first-order valence-electron chi connectivity index (χ1n) is 6.59. The van der Waals surface area contributed by atoms with Gasteiger partial charge in [-0.25, -0.2) is 0 Å². The molecule has 1 N–H and O–H groups in total. The van der Waals surface area contributed by atoms with Crippen molar-refractivity contribution in [3.63, 3.8) is 0 Å². The first-order valence-corrected chi connectivity index (χ1v) is 7.39. The number of esters is 1. The SMILES string of the molecule is CNc1c(Br)cc(-c2c(C)noc2COC(C)=O)cc1[N+](=O)[O-]. The van der Waals surface area contributed by atoms with E-state index in [4.69, 9.17) is 9.26 Å². The van der Waals surface area contributed by atoms with Crippen molar-refractivity contribution in [3.8, 4) is 11.1 Å². The summed E-state index contributed by atoms with van der Waals surface area (Å²) in [7, 11) is 1.60. The van der Waals surface area contributed by atoms with Gasteiger partial charge in [0.05, 0.1) is 16.2 Å². The van der Waals surface area contributed by atoms with Crippen LogP contribution in [0.5, 0.6) is 0 Å². The number of aryl methyl sites for hydroxylation is 1. The maximum absolute atomic E-state index is 11.3. The number of carbonyl (C=O) groups excluding carboxylic acids is 1. The number of anilines is 1. The van der Waals surface area contributed by atoms with E-state index in [2.05, 4.69) is 26.4 Å². The second-order valence-corrected chi connectivity index (χ2v) is 5.56. The number of nitrogens with zero attached hydrogens (tertiary/aromatic N) is 2. The molecule has 9 heteroatoms. The summed E-state index contributed by atoms with van der Waals surface area (Å²) < 4.78 is 10.6. The number of halogens is 1. The standard InChI is InChI=1S/C14H14BrN3O5/c1-7-13(12(23-17-7)6-22-8(2)19)9-4-10(15)14(16-3)11(5-9)18(20)21/h4-5,16H,6H2,1-3H3. The molecule has 1 aromatic heterocycles. The van der Waals surface area contributed by atoms with Gasteiger partial charge in [-0.05, 0) is 34.5 Å². The summed E-state index contributed by atoms with van der Waals surface area (Å²) in [4.78, 5) is 21.8. The molecule has 0 spiro atoms. The van der Waals surface area contributed by atoms with E-state index in [0.29, 0.717) is 32.7 Å². The Morgan fingerprint density at radius 3 is 2.78 bits per heavy atom. The van der Waals surface area contributed by atoms with Crippen LogP contribution in [0.25, 0.3) is 11.1 Å². The molecule has 0 radical (unpaired) electrons. The average Bonchev–Trinajstić information content (AvgIpc) is 2.85. The van der Waals surface area contributed by atoms with E-state index >= 15 is 0 Å². The van der Waals surface area contributed by atoms with Gasteiger partial charge < -0.3 is 14.6 Å². The first-order chi connectivity index (χ1) is 10.8. The van der Waals surface area contributed by atoms with E-state index in [9.17, 15) is 14.9 Å². The molecule has 23 heavy (non-hydrogen) atoms. The van der Waals surface area contributed by atoms with E-state index < -0.39 is 10.9 Å². The highest BCUT2D eigenvalue weighted by atomic mass is 79.9. The fourth-order valence-corrected chi connectivity index (χ4v) is 2.83. The highest BCUT2D eigenvalue weighted by Gasteiger charge is 2.23.